The van der Waals surface area contributed by atoms with Crippen LogP contribution < -0.4 is 20.1 Å². The third kappa shape index (κ3) is 3.49. The zero-order valence-corrected chi connectivity index (χ0v) is 17.7. The van der Waals surface area contributed by atoms with E-state index in [1.807, 2.05) is 35.8 Å². The molecule has 1 fully saturated rings. The maximum atomic E-state index is 5.79. The van der Waals surface area contributed by atoms with Crippen LogP contribution in [0.3, 0.4) is 0 Å². The molecule has 0 saturated carbocycles. The first kappa shape index (κ1) is 18.6. The van der Waals surface area contributed by atoms with Crippen molar-refractivity contribution in [2.75, 3.05) is 31.6 Å². The topological polar surface area (TPSA) is 85.6 Å². The molecule has 158 valence electrons. The summed E-state index contributed by atoms with van der Waals surface area (Å²) in [5.74, 6) is 2.16. The van der Waals surface area contributed by atoms with Crippen molar-refractivity contribution >= 4 is 22.2 Å². The van der Waals surface area contributed by atoms with Crippen molar-refractivity contribution in [1.29, 1.82) is 0 Å². The molecule has 4 aromatic rings. The van der Waals surface area contributed by atoms with Crippen molar-refractivity contribution in [3.05, 3.63) is 42.0 Å². The van der Waals surface area contributed by atoms with Crippen LogP contribution in [-0.4, -0.2) is 51.7 Å². The molecule has 3 aromatic heterocycles. The molecule has 1 unspecified atom stereocenters. The normalized spacial score (nSPS) is 18.3. The lowest BCUT2D eigenvalue weighted by Gasteiger charge is -2.23. The Bertz CT molecular complexity index is 1230. The highest BCUT2D eigenvalue weighted by molar-refractivity contribution is 7.15. The minimum atomic E-state index is 0.341. The van der Waals surface area contributed by atoms with Crippen LogP contribution >= 0.6 is 11.3 Å². The SMILES string of the molecule is c1cc(-c2c(-c3ccc4c(c3)OCCO4)nc3sccn23)nc(NC2CCCNC2)n1. The monoisotopic (exact) mass is 434 g/mol. The Morgan fingerprint density at radius 3 is 2.97 bits per heavy atom. The van der Waals surface area contributed by atoms with Crippen LogP contribution in [0, 0.1) is 0 Å². The molecule has 1 atom stereocenters. The van der Waals surface area contributed by atoms with Crippen molar-refractivity contribution in [3.8, 4) is 34.1 Å². The molecule has 2 aliphatic heterocycles. The van der Waals surface area contributed by atoms with Gasteiger partial charge < -0.3 is 20.1 Å². The fraction of sp³-hybridized carbons (Fsp3) is 0.318. The van der Waals surface area contributed by atoms with E-state index >= 15 is 0 Å². The van der Waals surface area contributed by atoms with Crippen LogP contribution in [0.5, 0.6) is 11.5 Å². The standard InChI is InChI=1S/C22H22N6O2S/c1-2-15(13-23-6-1)25-21-24-7-5-16(26-21)20-19(27-22-28(20)8-11-31-22)14-3-4-17-18(12-14)30-10-9-29-17/h3-5,7-8,11-12,15,23H,1-2,6,9-10,13H2,(H,24,25,26). The zero-order chi connectivity index (χ0) is 20.6. The van der Waals surface area contributed by atoms with E-state index in [9.17, 15) is 0 Å². The highest BCUT2D eigenvalue weighted by Crippen LogP contribution is 2.38. The van der Waals surface area contributed by atoms with Crippen molar-refractivity contribution in [1.82, 2.24) is 24.7 Å². The van der Waals surface area contributed by atoms with Crippen molar-refractivity contribution < 1.29 is 9.47 Å². The number of fused-ring (bicyclic) bond motifs is 2. The minimum absolute atomic E-state index is 0.341. The molecule has 31 heavy (non-hydrogen) atoms. The summed E-state index contributed by atoms with van der Waals surface area (Å²) < 4.78 is 13.6. The molecule has 2 N–H and O–H groups in total. The summed E-state index contributed by atoms with van der Waals surface area (Å²) in [6, 6.07) is 8.25. The molecular formula is C22H22N6O2S. The number of benzene rings is 1. The number of thiazole rings is 1. The quantitative estimate of drug-likeness (QED) is 0.509. The van der Waals surface area contributed by atoms with Gasteiger partial charge in [-0.25, -0.2) is 15.0 Å². The van der Waals surface area contributed by atoms with Crippen LogP contribution in [0.25, 0.3) is 27.6 Å². The number of ether oxygens (including phenoxy) is 2. The lowest BCUT2D eigenvalue weighted by Crippen LogP contribution is -2.38. The van der Waals surface area contributed by atoms with Crippen LogP contribution in [0.2, 0.25) is 0 Å². The van der Waals surface area contributed by atoms with E-state index in [-0.39, 0.29) is 0 Å². The Hall–Kier alpha value is -3.17. The largest absolute Gasteiger partial charge is 0.486 e. The van der Waals surface area contributed by atoms with Gasteiger partial charge >= 0.3 is 0 Å². The lowest BCUT2D eigenvalue weighted by atomic mass is 10.1. The first-order valence-electron chi connectivity index (χ1n) is 10.5. The number of nitrogens with one attached hydrogen (secondary N) is 2. The molecule has 0 amide bonds. The predicted molar refractivity (Wildman–Crippen MR) is 120 cm³/mol. The highest BCUT2D eigenvalue weighted by atomic mass is 32.1. The predicted octanol–water partition coefficient (Wildman–Crippen LogP) is 3.45. The number of nitrogens with zero attached hydrogens (tertiary/aromatic N) is 4. The number of anilines is 1. The van der Waals surface area contributed by atoms with Crippen LogP contribution in [-0.2, 0) is 0 Å². The van der Waals surface area contributed by atoms with Gasteiger partial charge in [-0.15, -0.1) is 11.3 Å². The van der Waals surface area contributed by atoms with Crippen molar-refractivity contribution in [2.24, 2.45) is 0 Å². The average Bonchev–Trinajstić information content (AvgIpc) is 3.41. The lowest BCUT2D eigenvalue weighted by molar-refractivity contribution is 0.171. The van der Waals surface area contributed by atoms with Crippen molar-refractivity contribution in [2.45, 2.75) is 18.9 Å². The summed E-state index contributed by atoms with van der Waals surface area (Å²) in [4.78, 5) is 15.1. The molecular weight excluding hydrogens is 412 g/mol. The number of imidazole rings is 1. The second-order valence-electron chi connectivity index (χ2n) is 7.68. The van der Waals surface area contributed by atoms with Gasteiger partial charge in [0, 0.05) is 35.9 Å². The van der Waals surface area contributed by atoms with E-state index in [0.717, 1.165) is 65.0 Å². The average molecular weight is 435 g/mol. The number of rotatable bonds is 4. The molecule has 6 rings (SSSR count). The molecule has 9 heteroatoms. The molecule has 1 aromatic carbocycles. The van der Waals surface area contributed by atoms with Gasteiger partial charge in [0.25, 0.3) is 0 Å². The Morgan fingerprint density at radius 2 is 2.06 bits per heavy atom. The highest BCUT2D eigenvalue weighted by Gasteiger charge is 2.21. The molecule has 1 saturated heterocycles. The number of aromatic nitrogens is 4. The Morgan fingerprint density at radius 1 is 1.13 bits per heavy atom. The molecule has 8 nitrogen and oxygen atoms in total. The second-order valence-corrected chi connectivity index (χ2v) is 8.55. The first-order chi connectivity index (χ1) is 15.3. The molecule has 2 aliphatic rings. The maximum absolute atomic E-state index is 5.79. The smallest absolute Gasteiger partial charge is 0.223 e. The fourth-order valence-corrected chi connectivity index (χ4v) is 4.85. The van der Waals surface area contributed by atoms with E-state index in [1.54, 1.807) is 17.5 Å². The van der Waals surface area contributed by atoms with Gasteiger partial charge in [-0.2, -0.15) is 0 Å². The van der Waals surface area contributed by atoms with E-state index in [4.69, 9.17) is 19.4 Å². The minimum Gasteiger partial charge on any atom is -0.486 e. The molecule has 0 bridgehead atoms. The molecule has 0 aliphatic carbocycles. The van der Waals surface area contributed by atoms with E-state index < -0.39 is 0 Å². The number of piperidine rings is 1. The summed E-state index contributed by atoms with van der Waals surface area (Å²) in [6.45, 7) is 3.13. The van der Waals surface area contributed by atoms with Gasteiger partial charge in [0.1, 0.15) is 18.9 Å². The van der Waals surface area contributed by atoms with Gasteiger partial charge in [0.05, 0.1) is 11.4 Å². The van der Waals surface area contributed by atoms with Gasteiger partial charge in [-0.05, 0) is 43.7 Å². The molecule has 0 radical (unpaired) electrons. The van der Waals surface area contributed by atoms with Crippen LogP contribution in [0.4, 0.5) is 5.95 Å². The zero-order valence-electron chi connectivity index (χ0n) is 16.9. The van der Waals surface area contributed by atoms with E-state index in [2.05, 4.69) is 20.0 Å². The third-order valence-corrected chi connectivity index (χ3v) is 6.36. The van der Waals surface area contributed by atoms with Gasteiger partial charge in [-0.3, -0.25) is 4.40 Å². The fourth-order valence-electron chi connectivity index (χ4n) is 4.14. The summed E-state index contributed by atoms with van der Waals surface area (Å²) in [5.41, 5.74) is 3.62. The van der Waals surface area contributed by atoms with E-state index in [0.29, 0.717) is 25.2 Å². The van der Waals surface area contributed by atoms with Gasteiger partial charge in [-0.1, -0.05) is 0 Å². The second kappa shape index (κ2) is 7.82. The Kier molecular flexibility index (Phi) is 4.69. The number of hydrogen-bond donors (Lipinski definition) is 2. The summed E-state index contributed by atoms with van der Waals surface area (Å²) in [6.07, 6.45) is 6.11. The Labute approximate surface area is 183 Å². The summed E-state index contributed by atoms with van der Waals surface area (Å²) in [5, 5.41) is 8.93. The third-order valence-electron chi connectivity index (χ3n) is 5.61. The molecule has 5 heterocycles. The van der Waals surface area contributed by atoms with Crippen LogP contribution in [0.15, 0.2) is 42.0 Å². The van der Waals surface area contributed by atoms with Crippen LogP contribution in [0.1, 0.15) is 12.8 Å². The Balaban J connectivity index is 1.42. The van der Waals surface area contributed by atoms with Gasteiger partial charge in [0.2, 0.25) is 5.95 Å². The summed E-state index contributed by atoms with van der Waals surface area (Å²) >= 11 is 1.60. The molecule has 0 spiro atoms. The van der Waals surface area contributed by atoms with Crippen molar-refractivity contribution in [3.63, 3.8) is 0 Å². The van der Waals surface area contributed by atoms with E-state index in [1.165, 1.54) is 0 Å². The summed E-state index contributed by atoms with van der Waals surface area (Å²) in [7, 11) is 0. The van der Waals surface area contributed by atoms with Gasteiger partial charge in [0.15, 0.2) is 16.5 Å². The maximum Gasteiger partial charge on any atom is 0.223 e. The first-order valence-corrected chi connectivity index (χ1v) is 11.4. The number of hydrogen-bond acceptors (Lipinski definition) is 8.